The van der Waals surface area contributed by atoms with Gasteiger partial charge in [-0.15, -0.1) is 0 Å². The monoisotopic (exact) mass is 359 g/mol. The van der Waals surface area contributed by atoms with Crippen LogP contribution in [0.25, 0.3) is 0 Å². The van der Waals surface area contributed by atoms with Crippen molar-refractivity contribution in [2.75, 3.05) is 19.5 Å². The summed E-state index contributed by atoms with van der Waals surface area (Å²) in [5.74, 6) is 0.247. The molecule has 0 bridgehead atoms. The molecular weight excluding hydrogens is 341 g/mol. The standard InChI is InChI=1S/C18H18FN3O4/c1-22-14(5-8-17(22)23)18(24)21-13-9-12(4-6-15(13)25-2)26-16-7-3-11(19)10-20-16/h3-4,6-7,9-10,14H,5,8H2,1-2H3,(H,21,24). The molecule has 1 unspecified atom stereocenters. The number of nitrogens with zero attached hydrogens (tertiary/aromatic N) is 2. The molecule has 1 N–H and O–H groups in total. The summed E-state index contributed by atoms with van der Waals surface area (Å²) in [5.41, 5.74) is 0.407. The zero-order valence-electron chi connectivity index (χ0n) is 14.4. The number of aromatic nitrogens is 1. The summed E-state index contributed by atoms with van der Waals surface area (Å²) in [6, 6.07) is 6.98. The molecule has 3 rings (SSSR count). The Morgan fingerprint density at radius 2 is 2.15 bits per heavy atom. The highest BCUT2D eigenvalue weighted by Crippen LogP contribution is 2.32. The van der Waals surface area contributed by atoms with Gasteiger partial charge in [-0.05, 0) is 24.6 Å². The first-order valence-corrected chi connectivity index (χ1v) is 8.02. The van der Waals surface area contributed by atoms with E-state index in [9.17, 15) is 14.0 Å². The highest BCUT2D eigenvalue weighted by Gasteiger charge is 2.33. The first-order valence-electron chi connectivity index (χ1n) is 8.02. The third-order valence-corrected chi connectivity index (χ3v) is 4.15. The zero-order valence-corrected chi connectivity index (χ0v) is 14.4. The molecule has 1 aromatic carbocycles. The Morgan fingerprint density at radius 3 is 2.77 bits per heavy atom. The molecule has 1 aromatic heterocycles. The van der Waals surface area contributed by atoms with Crippen LogP contribution in [0.5, 0.6) is 17.4 Å². The van der Waals surface area contributed by atoms with Crippen LogP contribution >= 0.6 is 0 Å². The lowest BCUT2D eigenvalue weighted by molar-refractivity contribution is -0.131. The number of hydrogen-bond acceptors (Lipinski definition) is 5. The molecule has 8 heteroatoms. The van der Waals surface area contributed by atoms with Crippen molar-refractivity contribution in [1.82, 2.24) is 9.88 Å². The van der Waals surface area contributed by atoms with Crippen LogP contribution in [0.1, 0.15) is 12.8 Å². The summed E-state index contributed by atoms with van der Waals surface area (Å²) in [5, 5.41) is 2.77. The molecule has 0 aliphatic carbocycles. The van der Waals surface area contributed by atoms with E-state index in [2.05, 4.69) is 10.3 Å². The highest BCUT2D eigenvalue weighted by atomic mass is 19.1. The van der Waals surface area contributed by atoms with Gasteiger partial charge in [0.15, 0.2) is 0 Å². The SMILES string of the molecule is COc1ccc(Oc2ccc(F)cn2)cc1NC(=O)C1CCC(=O)N1C. The lowest BCUT2D eigenvalue weighted by Crippen LogP contribution is -2.38. The van der Waals surface area contributed by atoms with E-state index in [0.717, 1.165) is 6.20 Å². The van der Waals surface area contributed by atoms with Crippen molar-refractivity contribution < 1.29 is 23.5 Å². The second-order valence-electron chi connectivity index (χ2n) is 5.83. The summed E-state index contributed by atoms with van der Waals surface area (Å²) in [7, 11) is 3.09. The Kier molecular flexibility index (Phi) is 5.01. The maximum absolute atomic E-state index is 12.9. The lowest BCUT2D eigenvalue weighted by Gasteiger charge is -2.20. The van der Waals surface area contributed by atoms with Crippen LogP contribution in [0.15, 0.2) is 36.5 Å². The van der Waals surface area contributed by atoms with E-state index in [0.29, 0.717) is 30.0 Å². The Bertz CT molecular complexity index is 826. The largest absolute Gasteiger partial charge is 0.495 e. The number of ether oxygens (including phenoxy) is 2. The minimum Gasteiger partial charge on any atom is -0.495 e. The normalized spacial score (nSPS) is 16.5. The molecule has 1 atom stereocenters. The van der Waals surface area contributed by atoms with Gasteiger partial charge in [0, 0.05) is 25.6 Å². The number of likely N-dealkylation sites (tertiary alicyclic amines) is 1. The van der Waals surface area contributed by atoms with E-state index in [-0.39, 0.29) is 17.7 Å². The molecule has 2 amide bonds. The fourth-order valence-corrected chi connectivity index (χ4v) is 2.72. The predicted molar refractivity (Wildman–Crippen MR) is 91.7 cm³/mol. The number of rotatable bonds is 5. The number of methoxy groups -OCH3 is 1. The van der Waals surface area contributed by atoms with E-state index >= 15 is 0 Å². The van der Waals surface area contributed by atoms with Crippen LogP contribution in [0.4, 0.5) is 10.1 Å². The number of benzene rings is 1. The first-order chi connectivity index (χ1) is 12.5. The zero-order chi connectivity index (χ0) is 18.7. The number of halogens is 1. The van der Waals surface area contributed by atoms with Crippen molar-refractivity contribution in [2.45, 2.75) is 18.9 Å². The van der Waals surface area contributed by atoms with Crippen LogP contribution in [0.2, 0.25) is 0 Å². The Labute approximate surface area is 149 Å². The third-order valence-electron chi connectivity index (χ3n) is 4.15. The number of amides is 2. The van der Waals surface area contributed by atoms with Crippen LogP contribution < -0.4 is 14.8 Å². The average molecular weight is 359 g/mol. The van der Waals surface area contributed by atoms with Crippen molar-refractivity contribution in [3.8, 4) is 17.4 Å². The van der Waals surface area contributed by atoms with Gasteiger partial charge >= 0.3 is 0 Å². The molecule has 0 radical (unpaired) electrons. The Morgan fingerprint density at radius 1 is 1.35 bits per heavy atom. The molecule has 1 fully saturated rings. The highest BCUT2D eigenvalue weighted by molar-refractivity contribution is 5.99. The van der Waals surface area contributed by atoms with Crippen molar-refractivity contribution in [3.63, 3.8) is 0 Å². The molecule has 2 aromatic rings. The molecule has 7 nitrogen and oxygen atoms in total. The Balaban J connectivity index is 1.78. The van der Waals surface area contributed by atoms with E-state index in [4.69, 9.17) is 9.47 Å². The minimum atomic E-state index is -0.518. The van der Waals surface area contributed by atoms with Crippen LogP contribution in [-0.2, 0) is 9.59 Å². The van der Waals surface area contributed by atoms with Crippen LogP contribution in [0.3, 0.4) is 0 Å². The molecule has 1 aliphatic rings. The minimum absolute atomic E-state index is 0.0587. The van der Waals surface area contributed by atoms with E-state index in [1.165, 1.54) is 24.1 Å². The van der Waals surface area contributed by atoms with Crippen molar-refractivity contribution in [3.05, 3.63) is 42.3 Å². The summed E-state index contributed by atoms with van der Waals surface area (Å²) in [6.07, 6.45) is 1.87. The van der Waals surface area contributed by atoms with Gasteiger partial charge in [0.05, 0.1) is 19.0 Å². The number of anilines is 1. The van der Waals surface area contributed by atoms with Gasteiger partial charge in [0.1, 0.15) is 23.4 Å². The van der Waals surface area contributed by atoms with Gasteiger partial charge in [-0.2, -0.15) is 0 Å². The molecule has 2 heterocycles. The lowest BCUT2D eigenvalue weighted by atomic mass is 10.2. The van der Waals surface area contributed by atoms with Crippen LogP contribution in [-0.4, -0.2) is 41.9 Å². The van der Waals surface area contributed by atoms with Crippen molar-refractivity contribution in [2.24, 2.45) is 0 Å². The molecule has 0 spiro atoms. The number of carbonyl (C=O) groups excluding carboxylic acids is 2. The van der Waals surface area contributed by atoms with Gasteiger partial charge in [-0.1, -0.05) is 0 Å². The van der Waals surface area contributed by atoms with E-state index in [1.54, 1.807) is 25.2 Å². The summed E-state index contributed by atoms with van der Waals surface area (Å²) in [4.78, 5) is 29.4. The van der Waals surface area contributed by atoms with Gasteiger partial charge < -0.3 is 19.7 Å². The number of nitrogens with one attached hydrogen (secondary N) is 1. The molecular formula is C18H18FN3O4. The Hall–Kier alpha value is -3.16. The van der Waals surface area contributed by atoms with Crippen LogP contribution in [0, 0.1) is 5.82 Å². The maximum atomic E-state index is 12.9. The molecule has 0 saturated carbocycles. The second kappa shape index (κ2) is 7.38. The first kappa shape index (κ1) is 17.7. The quantitative estimate of drug-likeness (QED) is 0.887. The number of carbonyl (C=O) groups is 2. The molecule has 136 valence electrons. The molecule has 26 heavy (non-hydrogen) atoms. The van der Waals surface area contributed by atoms with E-state index < -0.39 is 11.9 Å². The maximum Gasteiger partial charge on any atom is 0.247 e. The van der Waals surface area contributed by atoms with Gasteiger partial charge in [-0.25, -0.2) is 9.37 Å². The summed E-state index contributed by atoms with van der Waals surface area (Å²) in [6.45, 7) is 0. The van der Waals surface area contributed by atoms with Crippen molar-refractivity contribution in [1.29, 1.82) is 0 Å². The third kappa shape index (κ3) is 3.74. The predicted octanol–water partition coefficient (Wildman–Crippen LogP) is 2.58. The second-order valence-corrected chi connectivity index (χ2v) is 5.83. The smallest absolute Gasteiger partial charge is 0.247 e. The number of hydrogen-bond donors (Lipinski definition) is 1. The number of likely N-dealkylation sites (N-methyl/N-ethyl adjacent to an activating group) is 1. The van der Waals surface area contributed by atoms with Crippen molar-refractivity contribution >= 4 is 17.5 Å². The van der Waals surface area contributed by atoms with Gasteiger partial charge in [0.2, 0.25) is 17.7 Å². The van der Waals surface area contributed by atoms with Gasteiger partial charge in [-0.3, -0.25) is 9.59 Å². The van der Waals surface area contributed by atoms with Gasteiger partial charge in [0.25, 0.3) is 0 Å². The topological polar surface area (TPSA) is 80.8 Å². The van der Waals surface area contributed by atoms with E-state index in [1.807, 2.05) is 0 Å². The summed E-state index contributed by atoms with van der Waals surface area (Å²) >= 11 is 0. The number of pyridine rings is 1. The fraction of sp³-hybridized carbons (Fsp3) is 0.278. The fourth-order valence-electron chi connectivity index (χ4n) is 2.72. The average Bonchev–Trinajstić information content (AvgIpc) is 2.96. The summed E-state index contributed by atoms with van der Waals surface area (Å²) < 4.78 is 23.8. The molecule has 1 aliphatic heterocycles. The molecule has 1 saturated heterocycles.